The van der Waals surface area contributed by atoms with E-state index in [0.717, 1.165) is 0 Å². The van der Waals surface area contributed by atoms with Crippen LogP contribution >= 0.6 is 22.2 Å². The Bertz CT molecular complexity index is 737. The Hall–Kier alpha value is -1.02. The minimum absolute atomic E-state index is 0.258. The van der Waals surface area contributed by atoms with Gasteiger partial charge in [-0.15, -0.1) is 22.2 Å². The fourth-order valence-electron chi connectivity index (χ4n) is 2.52. The van der Waals surface area contributed by atoms with Crippen molar-refractivity contribution in [1.82, 2.24) is 0 Å². The standard InChI is InChI=1S/C16H14Cl2Si/c1-11(19(17)18)15-8-4-7-14-9-12-5-2-3-6-13(12)10-16(14)15/h2-11,19H,1H3. The Kier molecular flexibility index (Phi) is 3.53. The van der Waals surface area contributed by atoms with E-state index in [2.05, 4.69) is 61.5 Å². The molecule has 0 aliphatic rings. The van der Waals surface area contributed by atoms with Gasteiger partial charge in [-0.1, -0.05) is 49.4 Å². The van der Waals surface area contributed by atoms with E-state index in [4.69, 9.17) is 22.2 Å². The topological polar surface area (TPSA) is 0 Å². The van der Waals surface area contributed by atoms with Crippen molar-refractivity contribution in [3.8, 4) is 0 Å². The monoisotopic (exact) mass is 304 g/mol. The summed E-state index contributed by atoms with van der Waals surface area (Å²) in [6.07, 6.45) is 0. The molecule has 19 heavy (non-hydrogen) atoms. The molecule has 0 aromatic heterocycles. The Balaban J connectivity index is 2.32. The minimum atomic E-state index is -1.72. The summed E-state index contributed by atoms with van der Waals surface area (Å²) in [7, 11) is -1.72. The van der Waals surface area contributed by atoms with Crippen LogP contribution in [0.1, 0.15) is 18.0 Å². The van der Waals surface area contributed by atoms with Gasteiger partial charge >= 0.3 is 0 Å². The normalized spacial score (nSPS) is 13.3. The van der Waals surface area contributed by atoms with E-state index in [-0.39, 0.29) is 5.54 Å². The number of hydrogen-bond acceptors (Lipinski definition) is 0. The molecule has 0 spiro atoms. The average Bonchev–Trinajstić information content (AvgIpc) is 2.43. The van der Waals surface area contributed by atoms with E-state index < -0.39 is 7.42 Å². The number of rotatable bonds is 2. The van der Waals surface area contributed by atoms with E-state index in [1.165, 1.54) is 27.1 Å². The molecule has 0 nitrogen and oxygen atoms in total. The third kappa shape index (κ3) is 2.38. The van der Waals surface area contributed by atoms with Gasteiger partial charge in [-0.05, 0) is 39.2 Å². The molecule has 3 aromatic rings. The Morgan fingerprint density at radius 1 is 0.842 bits per heavy atom. The van der Waals surface area contributed by atoms with E-state index in [0.29, 0.717) is 0 Å². The van der Waals surface area contributed by atoms with Crippen LogP contribution in [0.2, 0.25) is 0 Å². The Labute approximate surface area is 124 Å². The maximum atomic E-state index is 6.19. The van der Waals surface area contributed by atoms with Gasteiger partial charge in [0, 0.05) is 5.54 Å². The first-order valence-electron chi connectivity index (χ1n) is 6.36. The van der Waals surface area contributed by atoms with Crippen molar-refractivity contribution in [2.24, 2.45) is 0 Å². The van der Waals surface area contributed by atoms with Crippen molar-refractivity contribution in [2.75, 3.05) is 0 Å². The molecule has 3 heteroatoms. The molecule has 1 unspecified atom stereocenters. The van der Waals surface area contributed by atoms with Crippen molar-refractivity contribution >= 4 is 51.1 Å². The second kappa shape index (κ2) is 5.16. The van der Waals surface area contributed by atoms with Crippen LogP contribution in [0.5, 0.6) is 0 Å². The number of fused-ring (bicyclic) bond motifs is 2. The lowest BCUT2D eigenvalue weighted by Gasteiger charge is -2.15. The van der Waals surface area contributed by atoms with E-state index in [9.17, 15) is 0 Å². The molecule has 0 N–H and O–H groups in total. The van der Waals surface area contributed by atoms with Crippen LogP contribution in [0.4, 0.5) is 0 Å². The molecule has 3 aromatic carbocycles. The quantitative estimate of drug-likeness (QED) is 0.341. The Morgan fingerprint density at radius 3 is 2.16 bits per heavy atom. The lowest BCUT2D eigenvalue weighted by Crippen LogP contribution is -2.07. The van der Waals surface area contributed by atoms with Crippen molar-refractivity contribution in [1.29, 1.82) is 0 Å². The third-order valence-corrected chi connectivity index (χ3v) is 7.03. The summed E-state index contributed by atoms with van der Waals surface area (Å²) in [5.74, 6) is 0. The summed E-state index contributed by atoms with van der Waals surface area (Å²) in [5, 5.41) is 5.06. The molecule has 0 aliphatic heterocycles. The van der Waals surface area contributed by atoms with Gasteiger partial charge in [0.1, 0.15) is 0 Å². The molecule has 0 amide bonds. The number of halogens is 2. The van der Waals surface area contributed by atoms with Crippen LogP contribution in [0, 0.1) is 0 Å². The molecule has 0 aliphatic carbocycles. The first-order chi connectivity index (χ1) is 9.16. The van der Waals surface area contributed by atoms with E-state index in [1.807, 2.05) is 0 Å². The molecule has 1 atom stereocenters. The van der Waals surface area contributed by atoms with Crippen molar-refractivity contribution < 1.29 is 0 Å². The van der Waals surface area contributed by atoms with Crippen molar-refractivity contribution in [2.45, 2.75) is 12.5 Å². The van der Waals surface area contributed by atoms with Crippen LogP contribution in [0.25, 0.3) is 21.5 Å². The van der Waals surface area contributed by atoms with Gasteiger partial charge in [0.2, 0.25) is 7.42 Å². The summed E-state index contributed by atoms with van der Waals surface area (Å²) in [6.45, 7) is 2.13. The second-order valence-electron chi connectivity index (χ2n) is 4.89. The largest absolute Gasteiger partial charge is 0.244 e. The van der Waals surface area contributed by atoms with Gasteiger partial charge < -0.3 is 0 Å². The zero-order valence-corrected chi connectivity index (χ0v) is 13.3. The predicted molar refractivity (Wildman–Crippen MR) is 88.7 cm³/mol. The van der Waals surface area contributed by atoms with Crippen LogP contribution in [-0.2, 0) is 0 Å². The van der Waals surface area contributed by atoms with Crippen LogP contribution in [-0.4, -0.2) is 7.42 Å². The molecule has 0 saturated carbocycles. The zero-order valence-electron chi connectivity index (χ0n) is 10.6. The highest BCUT2D eigenvalue weighted by molar-refractivity contribution is 7.34. The molecule has 3 rings (SSSR count). The minimum Gasteiger partial charge on any atom is -0.150 e. The van der Waals surface area contributed by atoms with Crippen molar-refractivity contribution in [3.05, 3.63) is 60.2 Å². The lowest BCUT2D eigenvalue weighted by atomic mass is 9.98. The third-order valence-electron chi connectivity index (χ3n) is 3.65. The van der Waals surface area contributed by atoms with Crippen LogP contribution in [0.15, 0.2) is 54.6 Å². The Morgan fingerprint density at radius 2 is 1.47 bits per heavy atom. The number of benzene rings is 3. The average molecular weight is 305 g/mol. The van der Waals surface area contributed by atoms with Gasteiger partial charge in [0.15, 0.2) is 0 Å². The summed E-state index contributed by atoms with van der Waals surface area (Å²) in [5.41, 5.74) is 1.53. The molecule has 0 radical (unpaired) electrons. The van der Waals surface area contributed by atoms with Gasteiger partial charge in [-0.2, -0.15) is 0 Å². The van der Waals surface area contributed by atoms with Gasteiger partial charge in [0.25, 0.3) is 0 Å². The molecule has 0 saturated heterocycles. The van der Waals surface area contributed by atoms with Crippen molar-refractivity contribution in [3.63, 3.8) is 0 Å². The highest BCUT2D eigenvalue weighted by Gasteiger charge is 2.18. The first kappa shape index (κ1) is 13.0. The maximum absolute atomic E-state index is 6.19. The fraction of sp³-hybridized carbons (Fsp3) is 0.125. The predicted octanol–water partition coefficient (Wildman–Crippen LogP) is 5.33. The van der Waals surface area contributed by atoms with Crippen LogP contribution in [0.3, 0.4) is 0 Å². The van der Waals surface area contributed by atoms with Gasteiger partial charge in [0.05, 0.1) is 0 Å². The number of hydrogen-bond donors (Lipinski definition) is 0. The molecular formula is C16H14Cl2Si. The highest BCUT2D eigenvalue weighted by atomic mass is 35.7. The molecule has 0 fully saturated rings. The zero-order chi connectivity index (χ0) is 13.4. The molecular weight excluding hydrogens is 291 g/mol. The molecule has 0 heterocycles. The highest BCUT2D eigenvalue weighted by Crippen LogP contribution is 2.32. The van der Waals surface area contributed by atoms with Gasteiger partial charge in [-0.3, -0.25) is 0 Å². The van der Waals surface area contributed by atoms with Crippen LogP contribution < -0.4 is 0 Å². The van der Waals surface area contributed by atoms with Gasteiger partial charge in [-0.25, -0.2) is 0 Å². The maximum Gasteiger partial charge on any atom is 0.244 e. The molecule has 96 valence electrons. The SMILES string of the molecule is CC(c1cccc2cc3ccccc3cc12)[SiH](Cl)Cl. The lowest BCUT2D eigenvalue weighted by molar-refractivity contribution is 1.09. The summed E-state index contributed by atoms with van der Waals surface area (Å²) >= 11 is 12.4. The van der Waals surface area contributed by atoms with E-state index >= 15 is 0 Å². The summed E-state index contributed by atoms with van der Waals surface area (Å²) in [6, 6.07) is 19.3. The first-order valence-corrected chi connectivity index (χ1v) is 10.5. The fourth-order valence-corrected chi connectivity index (χ4v) is 3.90. The smallest absolute Gasteiger partial charge is 0.150 e. The summed E-state index contributed by atoms with van der Waals surface area (Å²) in [4.78, 5) is 0. The second-order valence-corrected chi connectivity index (χ2v) is 10.1. The molecule has 0 bridgehead atoms. The van der Waals surface area contributed by atoms with E-state index in [1.54, 1.807) is 0 Å². The summed E-state index contributed by atoms with van der Waals surface area (Å²) < 4.78 is 0.